The molecule has 0 aliphatic carbocycles. The standard InChI is InChI=1S/C15H22N2O2/c1-10(7-11(2)18)17-15(19)14-8-12-5-3-4-6-13(12)9-16-14/h3-6,10-11,14,16,18H,7-9H2,1-2H3,(H,17,19)/t10?,11?,14-/m1/s1. The number of rotatable bonds is 4. The lowest BCUT2D eigenvalue weighted by molar-refractivity contribution is -0.124. The molecule has 0 bridgehead atoms. The highest BCUT2D eigenvalue weighted by Crippen LogP contribution is 2.16. The van der Waals surface area contributed by atoms with Gasteiger partial charge in [0, 0.05) is 12.6 Å². The second-order valence-electron chi connectivity index (χ2n) is 5.40. The molecule has 1 aromatic rings. The van der Waals surface area contributed by atoms with E-state index in [1.807, 2.05) is 19.1 Å². The fourth-order valence-electron chi connectivity index (χ4n) is 2.55. The minimum atomic E-state index is -0.393. The van der Waals surface area contributed by atoms with Gasteiger partial charge in [-0.15, -0.1) is 0 Å². The number of benzene rings is 1. The molecule has 0 saturated heterocycles. The van der Waals surface area contributed by atoms with Gasteiger partial charge in [-0.1, -0.05) is 24.3 Å². The number of aliphatic hydroxyl groups excluding tert-OH is 1. The van der Waals surface area contributed by atoms with Gasteiger partial charge in [0.05, 0.1) is 12.1 Å². The number of aliphatic hydroxyl groups is 1. The molecule has 0 fully saturated rings. The molecule has 4 heteroatoms. The first-order chi connectivity index (χ1) is 9.06. The van der Waals surface area contributed by atoms with Crippen LogP contribution in [0.4, 0.5) is 0 Å². The molecule has 0 saturated carbocycles. The zero-order valence-corrected chi connectivity index (χ0v) is 11.5. The quantitative estimate of drug-likeness (QED) is 0.758. The second kappa shape index (κ2) is 6.17. The Bertz CT molecular complexity index is 446. The van der Waals surface area contributed by atoms with Gasteiger partial charge >= 0.3 is 0 Å². The van der Waals surface area contributed by atoms with Crippen LogP contribution in [0.3, 0.4) is 0 Å². The van der Waals surface area contributed by atoms with Crippen LogP contribution in [-0.4, -0.2) is 29.2 Å². The molecule has 0 spiro atoms. The Balaban J connectivity index is 1.92. The minimum absolute atomic E-state index is 0.00790. The van der Waals surface area contributed by atoms with Crippen LogP contribution in [-0.2, 0) is 17.8 Å². The van der Waals surface area contributed by atoms with Crippen molar-refractivity contribution in [3.63, 3.8) is 0 Å². The van der Waals surface area contributed by atoms with Crippen molar-refractivity contribution in [2.24, 2.45) is 0 Å². The van der Waals surface area contributed by atoms with Crippen molar-refractivity contribution >= 4 is 5.91 Å². The van der Waals surface area contributed by atoms with Crippen LogP contribution >= 0.6 is 0 Å². The SMILES string of the molecule is CC(O)CC(C)NC(=O)[C@H]1Cc2ccccc2CN1. The normalized spacial score (nSPS) is 21.3. The summed E-state index contributed by atoms with van der Waals surface area (Å²) in [6, 6.07) is 8.01. The van der Waals surface area contributed by atoms with E-state index in [0.717, 1.165) is 13.0 Å². The lowest BCUT2D eigenvalue weighted by atomic mass is 9.95. The molecule has 3 atom stereocenters. The zero-order valence-electron chi connectivity index (χ0n) is 11.5. The highest BCUT2D eigenvalue weighted by molar-refractivity contribution is 5.82. The summed E-state index contributed by atoms with van der Waals surface area (Å²) in [7, 11) is 0. The van der Waals surface area contributed by atoms with Gasteiger partial charge in [-0.25, -0.2) is 0 Å². The molecule has 1 aliphatic rings. The molecular weight excluding hydrogens is 240 g/mol. The van der Waals surface area contributed by atoms with E-state index in [2.05, 4.69) is 22.8 Å². The Kier molecular flexibility index (Phi) is 4.56. The molecule has 0 radical (unpaired) electrons. The van der Waals surface area contributed by atoms with Crippen LogP contribution in [0.15, 0.2) is 24.3 Å². The topological polar surface area (TPSA) is 61.4 Å². The van der Waals surface area contributed by atoms with E-state index in [1.165, 1.54) is 11.1 Å². The van der Waals surface area contributed by atoms with Crippen LogP contribution in [0, 0.1) is 0 Å². The van der Waals surface area contributed by atoms with Crippen LogP contribution in [0.1, 0.15) is 31.4 Å². The number of hydrogen-bond donors (Lipinski definition) is 3. The van der Waals surface area contributed by atoms with Gasteiger partial charge in [0.25, 0.3) is 0 Å². The molecule has 0 aromatic heterocycles. The van der Waals surface area contributed by atoms with E-state index in [4.69, 9.17) is 0 Å². The zero-order chi connectivity index (χ0) is 13.8. The summed E-state index contributed by atoms with van der Waals surface area (Å²) >= 11 is 0. The predicted octanol–water partition coefficient (Wildman–Crippen LogP) is 0.976. The van der Waals surface area contributed by atoms with Crippen molar-refractivity contribution in [3.05, 3.63) is 35.4 Å². The third-order valence-electron chi connectivity index (χ3n) is 3.48. The maximum Gasteiger partial charge on any atom is 0.237 e. The van der Waals surface area contributed by atoms with E-state index in [-0.39, 0.29) is 18.0 Å². The van der Waals surface area contributed by atoms with Gasteiger partial charge in [0.2, 0.25) is 5.91 Å². The fraction of sp³-hybridized carbons (Fsp3) is 0.533. The molecule has 19 heavy (non-hydrogen) atoms. The van der Waals surface area contributed by atoms with Gasteiger partial charge in [-0.05, 0) is 37.8 Å². The Morgan fingerprint density at radius 2 is 2.11 bits per heavy atom. The Labute approximate surface area is 114 Å². The number of nitrogens with one attached hydrogen (secondary N) is 2. The average molecular weight is 262 g/mol. The number of carbonyl (C=O) groups is 1. The first-order valence-corrected chi connectivity index (χ1v) is 6.85. The van der Waals surface area contributed by atoms with Crippen LogP contribution in [0.5, 0.6) is 0 Å². The second-order valence-corrected chi connectivity index (χ2v) is 5.40. The number of amides is 1. The molecule has 104 valence electrons. The van der Waals surface area contributed by atoms with Gasteiger partial charge in [0.1, 0.15) is 0 Å². The molecule has 1 aliphatic heterocycles. The van der Waals surface area contributed by atoms with E-state index >= 15 is 0 Å². The summed E-state index contributed by atoms with van der Waals surface area (Å²) in [5.74, 6) is 0.0163. The van der Waals surface area contributed by atoms with Crippen molar-refractivity contribution in [3.8, 4) is 0 Å². The summed E-state index contributed by atoms with van der Waals surface area (Å²) < 4.78 is 0. The molecule has 2 rings (SSSR count). The Morgan fingerprint density at radius 3 is 2.79 bits per heavy atom. The summed E-state index contributed by atoms with van der Waals surface area (Å²) in [6.07, 6.45) is 0.911. The first-order valence-electron chi connectivity index (χ1n) is 6.85. The molecule has 4 nitrogen and oxygen atoms in total. The molecule has 3 N–H and O–H groups in total. The molecule has 1 amide bonds. The highest BCUT2D eigenvalue weighted by atomic mass is 16.3. The predicted molar refractivity (Wildman–Crippen MR) is 74.7 cm³/mol. The number of carbonyl (C=O) groups excluding carboxylic acids is 1. The molecule has 2 unspecified atom stereocenters. The van der Waals surface area contributed by atoms with Gasteiger partial charge in [-0.3, -0.25) is 4.79 Å². The fourth-order valence-corrected chi connectivity index (χ4v) is 2.55. The van der Waals surface area contributed by atoms with Crippen molar-refractivity contribution in [1.29, 1.82) is 0 Å². The third-order valence-corrected chi connectivity index (χ3v) is 3.48. The van der Waals surface area contributed by atoms with Crippen LogP contribution in [0.2, 0.25) is 0 Å². The molecular formula is C15H22N2O2. The van der Waals surface area contributed by atoms with Crippen LogP contribution in [0.25, 0.3) is 0 Å². The Hall–Kier alpha value is -1.39. The smallest absolute Gasteiger partial charge is 0.237 e. The maximum atomic E-state index is 12.1. The first kappa shape index (κ1) is 14.0. The molecule has 1 aromatic carbocycles. The minimum Gasteiger partial charge on any atom is -0.393 e. The van der Waals surface area contributed by atoms with Gasteiger partial charge in [0.15, 0.2) is 0 Å². The molecule has 1 heterocycles. The largest absolute Gasteiger partial charge is 0.393 e. The van der Waals surface area contributed by atoms with Gasteiger partial charge < -0.3 is 15.7 Å². The lowest BCUT2D eigenvalue weighted by Gasteiger charge is -2.27. The monoisotopic (exact) mass is 262 g/mol. The lowest BCUT2D eigenvalue weighted by Crippen LogP contribution is -2.50. The van der Waals surface area contributed by atoms with Crippen molar-refractivity contribution in [1.82, 2.24) is 10.6 Å². The summed E-state index contributed by atoms with van der Waals surface area (Å²) in [6.45, 7) is 4.39. The summed E-state index contributed by atoms with van der Waals surface area (Å²) in [5.41, 5.74) is 2.51. The summed E-state index contributed by atoms with van der Waals surface area (Å²) in [5, 5.41) is 15.5. The summed E-state index contributed by atoms with van der Waals surface area (Å²) in [4.78, 5) is 12.1. The number of hydrogen-bond acceptors (Lipinski definition) is 3. The van der Waals surface area contributed by atoms with E-state index in [9.17, 15) is 9.90 Å². The third kappa shape index (κ3) is 3.78. The van der Waals surface area contributed by atoms with E-state index in [1.54, 1.807) is 6.92 Å². The van der Waals surface area contributed by atoms with Crippen LogP contribution < -0.4 is 10.6 Å². The average Bonchev–Trinajstić information content (AvgIpc) is 2.37. The van der Waals surface area contributed by atoms with Crippen molar-refractivity contribution in [2.45, 2.75) is 51.4 Å². The maximum absolute atomic E-state index is 12.1. The highest BCUT2D eigenvalue weighted by Gasteiger charge is 2.24. The number of fused-ring (bicyclic) bond motifs is 1. The van der Waals surface area contributed by atoms with E-state index < -0.39 is 6.10 Å². The van der Waals surface area contributed by atoms with Crippen molar-refractivity contribution in [2.75, 3.05) is 0 Å². The van der Waals surface area contributed by atoms with Crippen molar-refractivity contribution < 1.29 is 9.90 Å². The van der Waals surface area contributed by atoms with Gasteiger partial charge in [-0.2, -0.15) is 0 Å². The Morgan fingerprint density at radius 1 is 1.42 bits per heavy atom. The van der Waals surface area contributed by atoms with E-state index in [0.29, 0.717) is 6.42 Å².